The highest BCUT2D eigenvalue weighted by atomic mass is 16.6. The van der Waals surface area contributed by atoms with Crippen molar-refractivity contribution in [3.05, 3.63) is 23.3 Å². The van der Waals surface area contributed by atoms with Crippen molar-refractivity contribution < 1.29 is 14.6 Å². The van der Waals surface area contributed by atoms with E-state index in [1.54, 1.807) is 0 Å². The predicted octanol–water partition coefficient (Wildman–Crippen LogP) is 4.95. The van der Waals surface area contributed by atoms with E-state index in [9.17, 15) is 5.11 Å². The summed E-state index contributed by atoms with van der Waals surface area (Å²) in [6, 6.07) is 4.14. The summed E-state index contributed by atoms with van der Waals surface area (Å²) in [7, 11) is 0. The van der Waals surface area contributed by atoms with Crippen molar-refractivity contribution in [1.29, 1.82) is 0 Å². The highest BCUT2D eigenvalue weighted by Gasteiger charge is 2.62. The van der Waals surface area contributed by atoms with Crippen LogP contribution in [0.5, 0.6) is 11.5 Å². The molecule has 0 radical (unpaired) electrons. The van der Waals surface area contributed by atoms with Gasteiger partial charge in [0.25, 0.3) is 0 Å². The molecule has 1 aromatic carbocycles. The Morgan fingerprint density at radius 2 is 2.00 bits per heavy atom. The molecule has 1 N–H and O–H groups in total. The van der Waals surface area contributed by atoms with Crippen LogP contribution in [-0.2, 0) is 11.2 Å². The van der Waals surface area contributed by atoms with E-state index in [1.165, 1.54) is 18.4 Å². The standard InChI is InChI=1S/C21H30O3/c1-5-6-7-8-13-9-16(22)19-14-12-21(4)18(24-21)11-15(14)20(2,3)23-17(19)10-13/h9-10,14-15,18,22H,5-8,11-12H2,1-4H3/t14-,15-,18-,21+/m1/s1. The molecule has 4 rings (SSSR count). The maximum Gasteiger partial charge on any atom is 0.127 e. The van der Waals surface area contributed by atoms with Crippen LogP contribution in [0.3, 0.4) is 0 Å². The maximum absolute atomic E-state index is 10.8. The van der Waals surface area contributed by atoms with Crippen LogP contribution in [0.2, 0.25) is 0 Å². The minimum absolute atomic E-state index is 0.0120. The summed E-state index contributed by atoms with van der Waals surface area (Å²) in [6.45, 7) is 8.82. The fourth-order valence-electron chi connectivity index (χ4n) is 5.02. The van der Waals surface area contributed by atoms with Crippen molar-refractivity contribution in [2.75, 3.05) is 0 Å². The lowest BCUT2D eigenvalue weighted by Gasteiger charge is -2.47. The first kappa shape index (κ1) is 16.3. The van der Waals surface area contributed by atoms with E-state index >= 15 is 0 Å². The van der Waals surface area contributed by atoms with Crippen LogP contribution in [0.25, 0.3) is 0 Å². The molecule has 0 spiro atoms. The second-order valence-corrected chi connectivity index (χ2v) is 8.76. The molecule has 3 aliphatic rings. The number of fused-ring (bicyclic) bond motifs is 4. The van der Waals surface area contributed by atoms with Gasteiger partial charge in [-0.15, -0.1) is 0 Å². The van der Waals surface area contributed by atoms with Crippen molar-refractivity contribution in [3.63, 3.8) is 0 Å². The number of rotatable bonds is 4. The number of aryl methyl sites for hydroxylation is 1. The molecule has 2 aliphatic heterocycles. The number of phenols is 1. The molecule has 0 bridgehead atoms. The largest absolute Gasteiger partial charge is 0.508 e. The van der Waals surface area contributed by atoms with Crippen molar-refractivity contribution in [3.8, 4) is 11.5 Å². The van der Waals surface area contributed by atoms with Gasteiger partial charge in [-0.3, -0.25) is 0 Å². The minimum Gasteiger partial charge on any atom is -0.508 e. The van der Waals surface area contributed by atoms with Crippen molar-refractivity contribution >= 4 is 0 Å². The quantitative estimate of drug-likeness (QED) is 0.627. The molecular formula is C21H30O3. The SMILES string of the molecule is CCCCCc1cc(O)c2c(c1)OC(C)(C)[C@@H]1C[C@H]3O[C@@]3(C)C[C@@H]21. The van der Waals surface area contributed by atoms with Crippen molar-refractivity contribution in [2.24, 2.45) is 5.92 Å². The van der Waals surface area contributed by atoms with Crippen LogP contribution in [0.1, 0.15) is 76.8 Å². The van der Waals surface area contributed by atoms with Gasteiger partial charge in [-0.1, -0.05) is 19.8 Å². The minimum atomic E-state index is -0.209. The smallest absolute Gasteiger partial charge is 0.127 e. The van der Waals surface area contributed by atoms with Crippen molar-refractivity contribution in [2.45, 2.75) is 89.4 Å². The third-order valence-corrected chi connectivity index (χ3v) is 6.50. The first-order valence-electron chi connectivity index (χ1n) is 9.56. The van der Waals surface area contributed by atoms with Gasteiger partial charge in [0, 0.05) is 17.4 Å². The van der Waals surface area contributed by atoms with Crippen molar-refractivity contribution in [1.82, 2.24) is 0 Å². The normalized spacial score (nSPS) is 35.4. The lowest BCUT2D eigenvalue weighted by molar-refractivity contribution is -0.00598. The third kappa shape index (κ3) is 2.52. The summed E-state index contributed by atoms with van der Waals surface area (Å²) in [6.07, 6.45) is 7.01. The Morgan fingerprint density at radius 3 is 2.75 bits per heavy atom. The summed E-state index contributed by atoms with van der Waals surface area (Å²) in [5.41, 5.74) is 2.02. The molecule has 3 heteroatoms. The van der Waals surface area contributed by atoms with Gasteiger partial charge >= 0.3 is 0 Å². The Morgan fingerprint density at radius 1 is 1.21 bits per heavy atom. The predicted molar refractivity (Wildman–Crippen MR) is 94.8 cm³/mol. The van der Waals surface area contributed by atoms with Gasteiger partial charge in [0.1, 0.15) is 17.1 Å². The number of benzene rings is 1. The molecule has 0 amide bonds. The summed E-state index contributed by atoms with van der Waals surface area (Å²) < 4.78 is 12.4. The molecule has 1 aliphatic carbocycles. The van der Waals surface area contributed by atoms with Gasteiger partial charge in [-0.25, -0.2) is 0 Å². The molecule has 3 nitrogen and oxygen atoms in total. The topological polar surface area (TPSA) is 42.0 Å². The Kier molecular flexibility index (Phi) is 3.65. The van der Waals surface area contributed by atoms with E-state index in [0.29, 0.717) is 23.7 Å². The van der Waals surface area contributed by atoms with E-state index in [1.807, 2.05) is 6.07 Å². The first-order chi connectivity index (χ1) is 11.3. The highest BCUT2D eigenvalue weighted by Crippen LogP contribution is 2.62. The summed E-state index contributed by atoms with van der Waals surface area (Å²) in [5, 5.41) is 10.8. The fourth-order valence-corrected chi connectivity index (χ4v) is 5.02. The summed E-state index contributed by atoms with van der Waals surface area (Å²) in [4.78, 5) is 0. The number of hydrogen-bond donors (Lipinski definition) is 1. The van der Waals surface area contributed by atoms with Crippen LogP contribution in [0.4, 0.5) is 0 Å². The molecule has 132 valence electrons. The average Bonchev–Trinajstić information content (AvgIpc) is 3.15. The Hall–Kier alpha value is -1.22. The zero-order valence-electron chi connectivity index (χ0n) is 15.4. The fraction of sp³-hybridized carbons (Fsp3) is 0.714. The van der Waals surface area contributed by atoms with E-state index in [2.05, 4.69) is 33.8 Å². The molecule has 1 saturated heterocycles. The molecule has 1 saturated carbocycles. The maximum atomic E-state index is 10.8. The van der Waals surface area contributed by atoms with Crippen LogP contribution < -0.4 is 4.74 Å². The molecule has 0 unspecified atom stereocenters. The number of hydrogen-bond acceptors (Lipinski definition) is 3. The molecule has 1 aromatic rings. The number of unbranched alkanes of at least 4 members (excludes halogenated alkanes) is 2. The Labute approximate surface area is 145 Å². The number of aromatic hydroxyl groups is 1. The van der Waals surface area contributed by atoms with E-state index in [0.717, 1.165) is 37.0 Å². The average molecular weight is 330 g/mol. The molecular weight excluding hydrogens is 300 g/mol. The van der Waals surface area contributed by atoms with Crippen LogP contribution in [0, 0.1) is 5.92 Å². The van der Waals surface area contributed by atoms with E-state index < -0.39 is 0 Å². The van der Waals surface area contributed by atoms with Gasteiger partial charge in [0.05, 0.1) is 11.7 Å². The van der Waals surface area contributed by atoms with Gasteiger partial charge in [-0.2, -0.15) is 0 Å². The van der Waals surface area contributed by atoms with Gasteiger partial charge in [0.15, 0.2) is 0 Å². The highest BCUT2D eigenvalue weighted by molar-refractivity contribution is 5.52. The Balaban J connectivity index is 1.69. The summed E-state index contributed by atoms with van der Waals surface area (Å²) >= 11 is 0. The van der Waals surface area contributed by atoms with E-state index in [-0.39, 0.29) is 11.2 Å². The van der Waals surface area contributed by atoms with Crippen LogP contribution in [-0.4, -0.2) is 22.4 Å². The molecule has 24 heavy (non-hydrogen) atoms. The number of epoxide rings is 1. The summed E-state index contributed by atoms with van der Waals surface area (Å²) in [5.74, 6) is 2.06. The second kappa shape index (κ2) is 5.39. The van der Waals surface area contributed by atoms with Gasteiger partial charge in [0.2, 0.25) is 0 Å². The van der Waals surface area contributed by atoms with Crippen LogP contribution >= 0.6 is 0 Å². The zero-order chi connectivity index (χ0) is 17.1. The molecule has 2 fully saturated rings. The van der Waals surface area contributed by atoms with E-state index in [4.69, 9.17) is 9.47 Å². The molecule has 2 heterocycles. The number of ether oxygens (including phenoxy) is 2. The lowest BCUT2D eigenvalue weighted by Crippen LogP contribution is -2.48. The third-order valence-electron chi connectivity index (χ3n) is 6.50. The molecule has 0 aromatic heterocycles. The Bertz CT molecular complexity index is 651. The first-order valence-corrected chi connectivity index (χ1v) is 9.56. The number of phenolic OH excluding ortho intramolecular Hbond substituents is 1. The monoisotopic (exact) mass is 330 g/mol. The molecule has 4 atom stereocenters. The van der Waals surface area contributed by atoms with Gasteiger partial charge in [-0.05, 0) is 64.2 Å². The van der Waals surface area contributed by atoms with Crippen LogP contribution in [0.15, 0.2) is 12.1 Å². The van der Waals surface area contributed by atoms with Gasteiger partial charge < -0.3 is 14.6 Å². The second-order valence-electron chi connectivity index (χ2n) is 8.76. The lowest BCUT2D eigenvalue weighted by atomic mass is 9.64. The zero-order valence-corrected chi connectivity index (χ0v) is 15.4.